The van der Waals surface area contributed by atoms with Gasteiger partial charge in [0.15, 0.2) is 0 Å². The molecule has 2 nitrogen and oxygen atoms in total. The predicted molar refractivity (Wildman–Crippen MR) is 145 cm³/mol. The van der Waals surface area contributed by atoms with E-state index in [2.05, 4.69) is 71.9 Å². The van der Waals surface area contributed by atoms with Crippen LogP contribution < -0.4 is 0 Å². The van der Waals surface area contributed by atoms with Crippen LogP contribution in [0.25, 0.3) is 22.3 Å². The minimum absolute atomic E-state index is 0.00648. The van der Waals surface area contributed by atoms with Gasteiger partial charge in [0.2, 0.25) is 0 Å². The molecule has 4 bridgehead atoms. The lowest BCUT2D eigenvalue weighted by molar-refractivity contribution is 0.464. The molecule has 2 aromatic carbocycles. The van der Waals surface area contributed by atoms with Crippen LogP contribution in [0.5, 0.6) is 5.75 Å². The molecule has 0 spiro atoms. The van der Waals surface area contributed by atoms with Crippen LogP contribution in [-0.4, -0.2) is 5.11 Å². The van der Waals surface area contributed by atoms with Crippen LogP contribution in [0.15, 0.2) is 34.7 Å². The molecular weight excluding hydrogens is 416 g/mol. The van der Waals surface area contributed by atoms with Crippen molar-refractivity contribution in [3.8, 4) is 17.1 Å². The normalized spacial score (nSPS) is 16.6. The Balaban J connectivity index is 1.89. The zero-order valence-corrected chi connectivity index (χ0v) is 22.3. The summed E-state index contributed by atoms with van der Waals surface area (Å²) in [5, 5.41) is 12.5. The van der Waals surface area contributed by atoms with E-state index in [-0.39, 0.29) is 10.8 Å². The minimum Gasteiger partial charge on any atom is -0.507 e. The fraction of sp³-hybridized carbons (Fsp3) is 0.562. The molecule has 1 aliphatic rings. The maximum absolute atomic E-state index is 11.4. The third-order valence-corrected chi connectivity index (χ3v) is 7.52. The first-order valence-electron chi connectivity index (χ1n) is 13.5. The molecule has 0 amide bonds. The van der Waals surface area contributed by atoms with Crippen molar-refractivity contribution in [3.63, 3.8) is 0 Å². The Hall–Kier alpha value is -2.22. The highest BCUT2D eigenvalue weighted by Crippen LogP contribution is 2.41. The number of benzene rings is 2. The first-order chi connectivity index (χ1) is 16.0. The Morgan fingerprint density at radius 1 is 0.618 bits per heavy atom. The number of hydrogen-bond acceptors (Lipinski definition) is 2. The second-order valence-corrected chi connectivity index (χ2v) is 12.5. The molecule has 0 aliphatic carbocycles. The summed E-state index contributed by atoms with van der Waals surface area (Å²) in [6.45, 7) is 13.6. The van der Waals surface area contributed by atoms with Crippen molar-refractivity contribution in [2.24, 2.45) is 0 Å². The molecule has 1 aromatic heterocycles. The summed E-state index contributed by atoms with van der Waals surface area (Å²) in [5.41, 5.74) is 6.90. The number of phenolic OH excluding ortho intramolecular Hbond substituents is 1. The van der Waals surface area contributed by atoms with Gasteiger partial charge in [0.25, 0.3) is 0 Å². The van der Waals surface area contributed by atoms with Gasteiger partial charge < -0.3 is 9.52 Å². The average Bonchev–Trinajstić information content (AvgIpc) is 3.18. The quantitative estimate of drug-likeness (QED) is 0.362. The van der Waals surface area contributed by atoms with Crippen molar-refractivity contribution in [2.75, 3.05) is 0 Å². The van der Waals surface area contributed by atoms with Crippen LogP contribution in [-0.2, 0) is 23.7 Å². The molecule has 0 unspecified atom stereocenters. The van der Waals surface area contributed by atoms with E-state index in [4.69, 9.17) is 4.42 Å². The van der Waals surface area contributed by atoms with Gasteiger partial charge in [0.1, 0.15) is 17.1 Å². The number of aromatic hydroxyl groups is 1. The van der Waals surface area contributed by atoms with Crippen molar-refractivity contribution < 1.29 is 9.52 Å². The molecule has 0 radical (unpaired) electrons. The second kappa shape index (κ2) is 9.80. The smallest absolute Gasteiger partial charge is 0.139 e. The maximum atomic E-state index is 11.4. The molecule has 1 N–H and O–H groups in total. The lowest BCUT2D eigenvalue weighted by Crippen LogP contribution is -2.12. The molecule has 1 aliphatic heterocycles. The minimum atomic E-state index is 0.00648. The molecular formula is C32H44O2. The zero-order valence-electron chi connectivity index (χ0n) is 22.3. The van der Waals surface area contributed by atoms with E-state index in [0.717, 1.165) is 47.1 Å². The van der Waals surface area contributed by atoms with Crippen LogP contribution >= 0.6 is 0 Å². The Morgan fingerprint density at radius 3 is 1.71 bits per heavy atom. The van der Waals surface area contributed by atoms with Gasteiger partial charge in [-0.15, -0.1) is 0 Å². The number of aryl methyl sites for hydroxylation is 2. The molecule has 2 heterocycles. The van der Waals surface area contributed by atoms with Crippen LogP contribution in [0.1, 0.15) is 115 Å². The number of phenols is 1. The van der Waals surface area contributed by atoms with E-state index >= 15 is 0 Å². The van der Waals surface area contributed by atoms with E-state index in [1.807, 2.05) is 0 Å². The van der Waals surface area contributed by atoms with Gasteiger partial charge in [-0.25, -0.2) is 0 Å². The number of hydrogen-bond donors (Lipinski definition) is 1. The fourth-order valence-corrected chi connectivity index (χ4v) is 5.17. The highest BCUT2D eigenvalue weighted by atomic mass is 16.3. The van der Waals surface area contributed by atoms with E-state index in [9.17, 15) is 5.11 Å². The van der Waals surface area contributed by atoms with Crippen molar-refractivity contribution in [3.05, 3.63) is 52.6 Å². The topological polar surface area (TPSA) is 33.4 Å². The molecule has 0 saturated heterocycles. The first kappa shape index (κ1) is 24.9. The van der Waals surface area contributed by atoms with Gasteiger partial charge in [-0.3, -0.25) is 0 Å². The highest BCUT2D eigenvalue weighted by molar-refractivity contribution is 5.87. The Bertz CT molecular complexity index is 1130. The van der Waals surface area contributed by atoms with E-state index in [1.54, 1.807) is 0 Å². The summed E-state index contributed by atoms with van der Waals surface area (Å²) in [7, 11) is 0. The second-order valence-electron chi connectivity index (χ2n) is 12.5. The lowest BCUT2D eigenvalue weighted by atomic mass is 9.83. The molecule has 0 fully saturated rings. The molecule has 0 saturated carbocycles. The maximum Gasteiger partial charge on any atom is 0.139 e. The molecule has 4 rings (SSSR count). The van der Waals surface area contributed by atoms with E-state index in [0.29, 0.717) is 5.75 Å². The lowest BCUT2D eigenvalue weighted by Gasteiger charge is -2.22. The summed E-state index contributed by atoms with van der Waals surface area (Å²) in [5.74, 6) is 1.19. The van der Waals surface area contributed by atoms with Gasteiger partial charge in [-0.1, -0.05) is 92.2 Å². The van der Waals surface area contributed by atoms with Crippen LogP contribution in [0.3, 0.4) is 0 Å². The number of furan rings is 1. The summed E-state index contributed by atoms with van der Waals surface area (Å²) in [6, 6.07) is 11.2. The van der Waals surface area contributed by atoms with Gasteiger partial charge in [0, 0.05) is 5.39 Å². The molecule has 2 heteroatoms. The van der Waals surface area contributed by atoms with Crippen molar-refractivity contribution in [2.45, 2.75) is 117 Å². The largest absolute Gasteiger partial charge is 0.507 e. The van der Waals surface area contributed by atoms with Crippen LogP contribution in [0.2, 0.25) is 0 Å². The Labute approximate surface area is 206 Å². The Morgan fingerprint density at radius 2 is 1.12 bits per heavy atom. The number of rotatable bonds is 0. The first-order valence-corrected chi connectivity index (χ1v) is 13.5. The Kier molecular flexibility index (Phi) is 7.17. The third kappa shape index (κ3) is 5.53. The van der Waals surface area contributed by atoms with Gasteiger partial charge >= 0.3 is 0 Å². The summed E-state index contributed by atoms with van der Waals surface area (Å²) < 4.78 is 6.57. The van der Waals surface area contributed by atoms with Crippen LogP contribution in [0, 0.1) is 0 Å². The van der Waals surface area contributed by atoms with Crippen molar-refractivity contribution >= 4 is 11.0 Å². The van der Waals surface area contributed by atoms with Crippen molar-refractivity contribution in [1.82, 2.24) is 0 Å². The fourth-order valence-electron chi connectivity index (χ4n) is 5.17. The van der Waals surface area contributed by atoms with Gasteiger partial charge in [0.05, 0.1) is 5.56 Å². The number of fused-ring (bicyclic) bond motifs is 4. The highest BCUT2D eigenvalue weighted by Gasteiger charge is 2.23. The molecule has 0 atom stereocenters. The third-order valence-electron chi connectivity index (χ3n) is 7.52. The summed E-state index contributed by atoms with van der Waals surface area (Å²) >= 11 is 0. The molecule has 3 aromatic rings. The van der Waals surface area contributed by atoms with E-state index in [1.165, 1.54) is 61.6 Å². The monoisotopic (exact) mass is 460 g/mol. The van der Waals surface area contributed by atoms with E-state index < -0.39 is 0 Å². The zero-order chi connectivity index (χ0) is 24.5. The average molecular weight is 461 g/mol. The SMILES string of the molecule is CC(C)(C)c1cc2c(O)c(c1)-c1cc3cc(C(C)(C)C)cc(c3o1)CCCCCCCCCC2. The standard InChI is InChI=1S/C32H44O2/c1-31(2,3)25-18-23-16-14-12-10-8-7-9-11-13-15-22-17-26(32(4,5)6)21-27(29(22)33)28-20-24(19-25)30(23)34-28/h17-21,33H,7-16H2,1-6H3. The van der Waals surface area contributed by atoms with Gasteiger partial charge in [-0.05, 0) is 77.0 Å². The summed E-state index contributed by atoms with van der Waals surface area (Å²) in [4.78, 5) is 0. The van der Waals surface area contributed by atoms with Crippen LogP contribution in [0.4, 0.5) is 0 Å². The van der Waals surface area contributed by atoms with Crippen molar-refractivity contribution in [1.29, 1.82) is 0 Å². The summed E-state index contributed by atoms with van der Waals surface area (Å²) in [6.07, 6.45) is 12.1. The van der Waals surface area contributed by atoms with Gasteiger partial charge in [-0.2, -0.15) is 0 Å². The molecule has 34 heavy (non-hydrogen) atoms. The molecule has 184 valence electrons. The predicted octanol–water partition coefficient (Wildman–Crippen LogP) is 9.62.